The van der Waals surface area contributed by atoms with E-state index in [0.717, 1.165) is 69.9 Å². The third-order valence-electron chi connectivity index (χ3n) is 5.75. The van der Waals surface area contributed by atoms with Crippen molar-refractivity contribution in [1.29, 1.82) is 0 Å². The smallest absolute Gasteiger partial charge is 0.227 e. The van der Waals surface area contributed by atoms with Crippen molar-refractivity contribution in [3.05, 3.63) is 24.3 Å². The maximum Gasteiger partial charge on any atom is 0.227 e. The molecule has 6 heteroatoms. The lowest BCUT2D eigenvalue weighted by Gasteiger charge is -2.36. The highest BCUT2D eigenvalue weighted by molar-refractivity contribution is 5.81. The lowest BCUT2D eigenvalue weighted by molar-refractivity contribution is -0.139. The van der Waals surface area contributed by atoms with Crippen LogP contribution in [0.2, 0.25) is 0 Å². The first-order valence-electron chi connectivity index (χ1n) is 10.3. The fourth-order valence-electron chi connectivity index (χ4n) is 4.24. The van der Waals surface area contributed by atoms with Gasteiger partial charge in [0.1, 0.15) is 0 Å². The van der Waals surface area contributed by atoms with Gasteiger partial charge in [0.2, 0.25) is 11.9 Å². The zero-order valence-electron chi connectivity index (χ0n) is 16.3. The normalized spacial score (nSPS) is 21.0. The van der Waals surface area contributed by atoms with Gasteiger partial charge in [0, 0.05) is 32.7 Å². The molecule has 1 atom stereocenters. The summed E-state index contributed by atoms with van der Waals surface area (Å²) in [6.07, 6.45) is 4.31. The van der Waals surface area contributed by atoms with Crippen molar-refractivity contribution in [3.63, 3.8) is 0 Å². The summed E-state index contributed by atoms with van der Waals surface area (Å²) in [5, 5.41) is 0. The Labute approximate surface area is 161 Å². The molecule has 0 spiro atoms. The molecule has 0 N–H and O–H groups in total. The van der Waals surface area contributed by atoms with Crippen LogP contribution in [0.4, 0.5) is 5.95 Å². The molecule has 0 saturated carbocycles. The molecule has 2 fully saturated rings. The highest BCUT2D eigenvalue weighted by Gasteiger charge is 2.31. The predicted octanol–water partition coefficient (Wildman–Crippen LogP) is 2.91. The average Bonchev–Trinajstić information content (AvgIpc) is 3.11. The van der Waals surface area contributed by atoms with Crippen LogP contribution in [0, 0.1) is 5.92 Å². The molecule has 2 aliphatic heterocycles. The summed E-state index contributed by atoms with van der Waals surface area (Å²) >= 11 is 0. The van der Waals surface area contributed by atoms with Crippen molar-refractivity contribution in [1.82, 2.24) is 14.5 Å². The van der Waals surface area contributed by atoms with E-state index in [0.29, 0.717) is 19.1 Å². The number of unbranched alkanes of at least 4 members (excludes halogenated alkanes) is 1. The molecule has 2 saturated heterocycles. The molecule has 0 radical (unpaired) electrons. The number of aromatic nitrogens is 2. The van der Waals surface area contributed by atoms with E-state index in [2.05, 4.69) is 34.6 Å². The topological polar surface area (TPSA) is 50.6 Å². The number of aryl methyl sites for hydroxylation is 1. The second-order valence-electron chi connectivity index (χ2n) is 7.63. The molecule has 1 unspecified atom stereocenters. The molecule has 0 bridgehead atoms. The number of amides is 1. The maximum atomic E-state index is 13.0. The monoisotopic (exact) mass is 370 g/mol. The summed E-state index contributed by atoms with van der Waals surface area (Å²) in [4.78, 5) is 22.2. The van der Waals surface area contributed by atoms with Crippen LogP contribution in [0.3, 0.4) is 0 Å². The van der Waals surface area contributed by atoms with Crippen molar-refractivity contribution in [2.24, 2.45) is 5.92 Å². The Morgan fingerprint density at radius 3 is 2.85 bits per heavy atom. The van der Waals surface area contributed by atoms with E-state index in [9.17, 15) is 4.79 Å². The van der Waals surface area contributed by atoms with Crippen LogP contribution in [0.1, 0.15) is 32.6 Å². The highest BCUT2D eigenvalue weighted by atomic mass is 16.5. The molecule has 3 heterocycles. The van der Waals surface area contributed by atoms with Gasteiger partial charge in [0.25, 0.3) is 0 Å². The van der Waals surface area contributed by atoms with Crippen LogP contribution >= 0.6 is 0 Å². The first-order chi connectivity index (χ1) is 13.3. The van der Waals surface area contributed by atoms with Gasteiger partial charge in [-0.1, -0.05) is 25.5 Å². The van der Waals surface area contributed by atoms with Gasteiger partial charge in [0.15, 0.2) is 0 Å². The highest BCUT2D eigenvalue weighted by Crippen LogP contribution is 2.28. The zero-order valence-corrected chi connectivity index (χ0v) is 16.3. The quantitative estimate of drug-likeness (QED) is 0.812. The third-order valence-corrected chi connectivity index (χ3v) is 5.75. The molecular formula is C21H30N4O2. The van der Waals surface area contributed by atoms with E-state index in [1.807, 2.05) is 11.0 Å². The number of piperidine rings is 1. The van der Waals surface area contributed by atoms with E-state index in [4.69, 9.17) is 9.72 Å². The fraction of sp³-hybridized carbons (Fsp3) is 0.619. The molecule has 2 aromatic rings. The summed E-state index contributed by atoms with van der Waals surface area (Å²) in [5.74, 6) is 1.39. The lowest BCUT2D eigenvalue weighted by atomic mass is 9.96. The standard InChI is InChI=1S/C21H30N4O2/c1-2-3-11-25-19-9-5-4-8-18(19)22-21(25)24-10-6-7-17(16-24)20(26)23-12-14-27-15-13-23/h4-5,8-9,17H,2-3,6-7,10-16H2,1H3. The summed E-state index contributed by atoms with van der Waals surface area (Å²) in [7, 11) is 0. The summed E-state index contributed by atoms with van der Waals surface area (Å²) in [6.45, 7) is 7.72. The SMILES string of the molecule is CCCCn1c(N2CCCC(C(=O)N3CCOCC3)C2)nc2ccccc21. The number of benzene rings is 1. The molecular weight excluding hydrogens is 340 g/mol. The number of carbonyl (C=O) groups is 1. The average molecular weight is 370 g/mol. The first kappa shape index (κ1) is 18.3. The molecule has 1 aromatic heterocycles. The fourth-order valence-corrected chi connectivity index (χ4v) is 4.24. The number of rotatable bonds is 5. The number of hydrogen-bond donors (Lipinski definition) is 0. The Balaban J connectivity index is 1.56. The minimum atomic E-state index is 0.0660. The molecule has 2 aliphatic rings. The van der Waals surface area contributed by atoms with Crippen molar-refractivity contribution in [2.75, 3.05) is 44.3 Å². The zero-order chi connectivity index (χ0) is 18.6. The van der Waals surface area contributed by atoms with Crippen molar-refractivity contribution < 1.29 is 9.53 Å². The minimum Gasteiger partial charge on any atom is -0.378 e. The van der Waals surface area contributed by atoms with Crippen LogP contribution in [0.25, 0.3) is 11.0 Å². The van der Waals surface area contributed by atoms with E-state index in [1.165, 1.54) is 5.52 Å². The van der Waals surface area contributed by atoms with Gasteiger partial charge < -0.3 is 19.1 Å². The lowest BCUT2D eigenvalue weighted by Crippen LogP contribution is -2.48. The number of carbonyl (C=O) groups excluding carboxylic acids is 1. The molecule has 6 nitrogen and oxygen atoms in total. The minimum absolute atomic E-state index is 0.0660. The van der Waals surface area contributed by atoms with E-state index >= 15 is 0 Å². The van der Waals surface area contributed by atoms with Gasteiger partial charge >= 0.3 is 0 Å². The first-order valence-corrected chi connectivity index (χ1v) is 10.3. The van der Waals surface area contributed by atoms with Crippen molar-refractivity contribution >= 4 is 22.9 Å². The maximum absolute atomic E-state index is 13.0. The second-order valence-corrected chi connectivity index (χ2v) is 7.63. The van der Waals surface area contributed by atoms with Crippen LogP contribution in [0.5, 0.6) is 0 Å². The Morgan fingerprint density at radius 1 is 1.22 bits per heavy atom. The Morgan fingerprint density at radius 2 is 2.04 bits per heavy atom. The number of morpholine rings is 1. The number of nitrogens with zero attached hydrogens (tertiary/aromatic N) is 4. The summed E-state index contributed by atoms with van der Waals surface area (Å²) in [5.41, 5.74) is 2.24. The van der Waals surface area contributed by atoms with Gasteiger partial charge in [-0.05, 0) is 31.4 Å². The Bertz CT molecular complexity index is 782. The third kappa shape index (κ3) is 3.81. The molecule has 4 rings (SSSR count). The van der Waals surface area contributed by atoms with Crippen LogP contribution in [-0.2, 0) is 16.1 Å². The molecule has 0 aliphatic carbocycles. The molecule has 1 amide bonds. The predicted molar refractivity (Wildman–Crippen MR) is 107 cm³/mol. The van der Waals surface area contributed by atoms with Crippen LogP contribution in [-0.4, -0.2) is 59.8 Å². The summed E-state index contributed by atoms with van der Waals surface area (Å²) < 4.78 is 7.74. The Hall–Kier alpha value is -2.08. The van der Waals surface area contributed by atoms with Gasteiger partial charge in [-0.2, -0.15) is 0 Å². The van der Waals surface area contributed by atoms with E-state index in [-0.39, 0.29) is 5.92 Å². The molecule has 146 valence electrons. The number of ether oxygens (including phenoxy) is 1. The second kappa shape index (κ2) is 8.30. The van der Waals surface area contributed by atoms with Gasteiger partial charge in [-0.3, -0.25) is 4.79 Å². The van der Waals surface area contributed by atoms with Gasteiger partial charge in [-0.25, -0.2) is 4.98 Å². The largest absolute Gasteiger partial charge is 0.378 e. The summed E-state index contributed by atoms with van der Waals surface area (Å²) in [6, 6.07) is 8.37. The number of anilines is 1. The van der Waals surface area contributed by atoms with Crippen molar-refractivity contribution in [2.45, 2.75) is 39.2 Å². The number of fused-ring (bicyclic) bond motifs is 1. The van der Waals surface area contributed by atoms with Crippen LogP contribution < -0.4 is 4.90 Å². The van der Waals surface area contributed by atoms with E-state index < -0.39 is 0 Å². The molecule has 27 heavy (non-hydrogen) atoms. The Kier molecular flexibility index (Phi) is 5.62. The number of imidazole rings is 1. The number of hydrogen-bond acceptors (Lipinski definition) is 4. The van der Waals surface area contributed by atoms with E-state index in [1.54, 1.807) is 0 Å². The molecule has 1 aromatic carbocycles. The van der Waals surface area contributed by atoms with Gasteiger partial charge in [0.05, 0.1) is 30.2 Å². The van der Waals surface area contributed by atoms with Crippen LogP contribution in [0.15, 0.2) is 24.3 Å². The van der Waals surface area contributed by atoms with Gasteiger partial charge in [-0.15, -0.1) is 0 Å². The van der Waals surface area contributed by atoms with Crippen molar-refractivity contribution in [3.8, 4) is 0 Å². The number of para-hydroxylation sites is 2.